The summed E-state index contributed by atoms with van der Waals surface area (Å²) in [6.07, 6.45) is 0. The number of urea groups is 1. The standard InChI is InChI=1S/C32H28FN3O6S/c1-18-7-4-5-10-24(18)28(37)25-26(29-19(2)15-16-43-29)32(3,30(38)39)35(31(40)34-22-13-11-21(33)12-14-22)27(25)20-8-6-9-23(17-20)36(41)42/h4-17,25-27H,1-3H3,(H,34,40)(H,38,39). The van der Waals surface area contributed by atoms with Crippen molar-refractivity contribution >= 4 is 40.5 Å². The molecule has 0 spiro atoms. The van der Waals surface area contributed by atoms with Crippen LogP contribution in [0.25, 0.3) is 0 Å². The van der Waals surface area contributed by atoms with E-state index in [4.69, 9.17) is 0 Å². The number of carboxylic acid groups (broad SMARTS) is 1. The Kier molecular flexibility index (Phi) is 7.85. The fraction of sp³-hybridized carbons (Fsp3) is 0.219. The first-order valence-electron chi connectivity index (χ1n) is 13.4. The molecule has 1 aliphatic rings. The number of hydrogen-bond acceptors (Lipinski definition) is 6. The zero-order valence-electron chi connectivity index (χ0n) is 23.5. The number of carbonyl (C=O) groups is 3. The van der Waals surface area contributed by atoms with Crippen LogP contribution in [-0.4, -0.2) is 38.3 Å². The van der Waals surface area contributed by atoms with Gasteiger partial charge in [0.15, 0.2) is 5.78 Å². The molecule has 4 unspecified atom stereocenters. The lowest BCUT2D eigenvalue weighted by atomic mass is 9.73. The smallest absolute Gasteiger partial charge is 0.330 e. The number of aliphatic carboxylic acids is 1. The third-order valence-corrected chi connectivity index (χ3v) is 9.25. The molecule has 11 heteroatoms. The van der Waals surface area contributed by atoms with Crippen molar-refractivity contribution in [3.8, 4) is 0 Å². The summed E-state index contributed by atoms with van der Waals surface area (Å²) in [6.45, 7) is 4.98. The topological polar surface area (TPSA) is 130 Å². The van der Waals surface area contributed by atoms with Crippen molar-refractivity contribution in [2.45, 2.75) is 38.3 Å². The molecule has 4 atom stereocenters. The van der Waals surface area contributed by atoms with Crippen LogP contribution < -0.4 is 5.32 Å². The van der Waals surface area contributed by atoms with Gasteiger partial charge in [0.05, 0.1) is 16.9 Å². The third-order valence-electron chi connectivity index (χ3n) is 8.15. The summed E-state index contributed by atoms with van der Waals surface area (Å²) in [4.78, 5) is 55.2. The lowest BCUT2D eigenvalue weighted by Gasteiger charge is -2.37. The molecular weight excluding hydrogens is 573 g/mol. The minimum atomic E-state index is -1.99. The van der Waals surface area contributed by atoms with Gasteiger partial charge in [0.25, 0.3) is 5.69 Å². The van der Waals surface area contributed by atoms with Crippen LogP contribution in [0, 0.1) is 35.7 Å². The number of nitrogens with zero attached hydrogens (tertiary/aromatic N) is 2. The molecule has 4 aromatic rings. The second kappa shape index (κ2) is 11.4. The maximum absolute atomic E-state index is 14.6. The zero-order valence-corrected chi connectivity index (χ0v) is 24.3. The lowest BCUT2D eigenvalue weighted by Crippen LogP contribution is -2.55. The fourth-order valence-corrected chi connectivity index (χ4v) is 7.24. The van der Waals surface area contributed by atoms with Crippen molar-refractivity contribution in [2.24, 2.45) is 5.92 Å². The number of nitro groups is 1. The van der Waals surface area contributed by atoms with E-state index in [-0.39, 0.29) is 16.9 Å². The Morgan fingerprint density at radius 2 is 1.70 bits per heavy atom. The summed E-state index contributed by atoms with van der Waals surface area (Å²) in [7, 11) is 0. The number of Topliss-reactive ketones (excluding diaryl/α,β-unsaturated/α-hetero) is 1. The Balaban J connectivity index is 1.80. The van der Waals surface area contributed by atoms with E-state index in [1.807, 2.05) is 13.0 Å². The van der Waals surface area contributed by atoms with Crippen molar-refractivity contribution in [3.05, 3.63) is 127 Å². The molecule has 5 rings (SSSR count). The molecule has 2 amide bonds. The van der Waals surface area contributed by atoms with E-state index in [2.05, 4.69) is 5.32 Å². The molecule has 220 valence electrons. The van der Waals surface area contributed by atoms with Gasteiger partial charge in [-0.15, -0.1) is 11.3 Å². The molecule has 0 aliphatic carbocycles. The van der Waals surface area contributed by atoms with Gasteiger partial charge in [-0.3, -0.25) is 19.8 Å². The minimum Gasteiger partial charge on any atom is -0.479 e. The quantitative estimate of drug-likeness (QED) is 0.132. The van der Waals surface area contributed by atoms with E-state index in [1.54, 1.807) is 42.6 Å². The molecule has 0 bridgehead atoms. The van der Waals surface area contributed by atoms with Crippen LogP contribution >= 0.6 is 11.3 Å². The SMILES string of the molecule is Cc1ccccc1C(=O)C1C(c2cccc([N+](=O)[O-])c2)N(C(=O)Nc2ccc(F)cc2)C(C)(C(=O)O)C1c1sccc1C. The van der Waals surface area contributed by atoms with E-state index >= 15 is 0 Å². The monoisotopic (exact) mass is 601 g/mol. The average Bonchev–Trinajstić information content (AvgIpc) is 3.52. The van der Waals surface area contributed by atoms with Gasteiger partial charge in [-0.2, -0.15) is 0 Å². The van der Waals surface area contributed by atoms with Gasteiger partial charge in [-0.25, -0.2) is 14.0 Å². The molecule has 0 radical (unpaired) electrons. The number of halogens is 1. The van der Waals surface area contributed by atoms with Gasteiger partial charge < -0.3 is 10.4 Å². The van der Waals surface area contributed by atoms with E-state index in [0.29, 0.717) is 16.0 Å². The number of carboxylic acids is 1. The number of rotatable bonds is 7. The predicted octanol–water partition coefficient (Wildman–Crippen LogP) is 7.13. The van der Waals surface area contributed by atoms with Crippen LogP contribution in [0.2, 0.25) is 0 Å². The van der Waals surface area contributed by atoms with Gasteiger partial charge in [0.2, 0.25) is 0 Å². The van der Waals surface area contributed by atoms with Gasteiger partial charge in [0, 0.05) is 34.2 Å². The first-order valence-corrected chi connectivity index (χ1v) is 14.3. The van der Waals surface area contributed by atoms with Crippen molar-refractivity contribution in [1.82, 2.24) is 4.90 Å². The minimum absolute atomic E-state index is 0.203. The van der Waals surface area contributed by atoms with Crippen molar-refractivity contribution < 1.29 is 28.8 Å². The number of benzene rings is 3. The highest BCUT2D eigenvalue weighted by Gasteiger charge is 2.65. The molecule has 9 nitrogen and oxygen atoms in total. The fourth-order valence-electron chi connectivity index (χ4n) is 6.05. The second-order valence-corrected chi connectivity index (χ2v) is 11.7. The van der Waals surface area contributed by atoms with Crippen LogP contribution in [0.4, 0.5) is 20.6 Å². The number of thiophene rings is 1. The Morgan fingerprint density at radius 3 is 2.30 bits per heavy atom. The summed E-state index contributed by atoms with van der Waals surface area (Å²) in [5.74, 6) is -4.44. The Hall–Kier alpha value is -4.90. The highest BCUT2D eigenvalue weighted by molar-refractivity contribution is 7.10. The first kappa shape index (κ1) is 29.6. The molecule has 2 N–H and O–H groups in total. The number of nitro benzene ring substituents is 1. The molecular formula is C32H28FN3O6S. The molecule has 0 saturated carbocycles. The molecule has 1 aromatic heterocycles. The highest BCUT2D eigenvalue weighted by atomic mass is 32.1. The van der Waals surface area contributed by atoms with Crippen LogP contribution in [0.1, 0.15) is 50.8 Å². The number of amides is 2. The summed E-state index contributed by atoms with van der Waals surface area (Å²) in [5.41, 5.74) is -0.0457. The molecule has 1 saturated heterocycles. The number of carbonyl (C=O) groups excluding carboxylic acids is 2. The number of non-ortho nitro benzene ring substituents is 1. The van der Waals surface area contributed by atoms with Crippen LogP contribution in [0.3, 0.4) is 0 Å². The zero-order chi connectivity index (χ0) is 31.1. The van der Waals surface area contributed by atoms with Crippen LogP contribution in [0.5, 0.6) is 0 Å². The lowest BCUT2D eigenvalue weighted by molar-refractivity contribution is -0.385. The van der Waals surface area contributed by atoms with Crippen molar-refractivity contribution in [3.63, 3.8) is 0 Å². The summed E-state index contributed by atoms with van der Waals surface area (Å²) >= 11 is 1.29. The number of ketones is 1. The molecule has 3 aromatic carbocycles. The first-order chi connectivity index (χ1) is 20.4. The van der Waals surface area contributed by atoms with Gasteiger partial charge >= 0.3 is 12.0 Å². The maximum atomic E-state index is 14.6. The Morgan fingerprint density at radius 1 is 1.00 bits per heavy atom. The van der Waals surface area contributed by atoms with Crippen molar-refractivity contribution in [1.29, 1.82) is 0 Å². The van der Waals surface area contributed by atoms with Crippen LogP contribution in [-0.2, 0) is 4.79 Å². The van der Waals surface area contributed by atoms with E-state index in [1.165, 1.54) is 48.6 Å². The molecule has 2 heterocycles. The number of hydrogen-bond donors (Lipinski definition) is 2. The number of aryl methyl sites for hydroxylation is 2. The second-order valence-electron chi connectivity index (χ2n) is 10.7. The maximum Gasteiger partial charge on any atom is 0.330 e. The summed E-state index contributed by atoms with van der Waals surface area (Å²) < 4.78 is 13.6. The highest BCUT2D eigenvalue weighted by Crippen LogP contribution is 2.58. The number of anilines is 1. The van der Waals surface area contributed by atoms with Gasteiger partial charge in [-0.1, -0.05) is 36.4 Å². The molecule has 1 fully saturated rings. The predicted molar refractivity (Wildman–Crippen MR) is 160 cm³/mol. The summed E-state index contributed by atoms with van der Waals surface area (Å²) in [5, 5.41) is 27.2. The number of likely N-dealkylation sites (tertiary alicyclic amines) is 1. The Bertz CT molecular complexity index is 1740. The third kappa shape index (κ3) is 5.16. The normalized spacial score (nSPS) is 21.4. The average molecular weight is 602 g/mol. The van der Waals surface area contributed by atoms with Crippen molar-refractivity contribution in [2.75, 3.05) is 5.32 Å². The Labute approximate surface area is 250 Å². The molecule has 43 heavy (non-hydrogen) atoms. The van der Waals surface area contributed by atoms with E-state index < -0.39 is 51.9 Å². The molecule has 1 aliphatic heterocycles. The summed E-state index contributed by atoms with van der Waals surface area (Å²) in [6, 6.07) is 17.2. The largest absolute Gasteiger partial charge is 0.479 e. The number of nitrogens with one attached hydrogen (secondary N) is 1. The van der Waals surface area contributed by atoms with E-state index in [9.17, 15) is 34.0 Å². The van der Waals surface area contributed by atoms with Gasteiger partial charge in [-0.05, 0) is 73.2 Å². The van der Waals surface area contributed by atoms with Crippen LogP contribution in [0.15, 0.2) is 84.2 Å². The van der Waals surface area contributed by atoms with Gasteiger partial charge in [0.1, 0.15) is 11.4 Å². The van der Waals surface area contributed by atoms with E-state index in [0.717, 1.165) is 22.6 Å².